The van der Waals surface area contributed by atoms with Crippen LogP contribution in [0.3, 0.4) is 0 Å². The molecule has 0 fully saturated rings. The van der Waals surface area contributed by atoms with Crippen molar-refractivity contribution in [3.63, 3.8) is 0 Å². The highest BCUT2D eigenvalue weighted by Crippen LogP contribution is 2.17. The van der Waals surface area contributed by atoms with E-state index in [4.69, 9.17) is 17.3 Å². The number of rotatable bonds is 4. The fourth-order valence-corrected chi connectivity index (χ4v) is 1.52. The normalized spacial score (nSPS) is 9.94. The van der Waals surface area contributed by atoms with Gasteiger partial charge in [0, 0.05) is 6.20 Å². The molecular formula is C12H15ClN2O. The van der Waals surface area contributed by atoms with Crippen LogP contribution in [0.1, 0.15) is 37.0 Å². The van der Waals surface area contributed by atoms with Crippen molar-refractivity contribution in [2.24, 2.45) is 0 Å². The van der Waals surface area contributed by atoms with Crippen molar-refractivity contribution in [1.82, 2.24) is 4.98 Å². The Morgan fingerprint density at radius 3 is 2.69 bits per heavy atom. The molecule has 0 amide bonds. The van der Waals surface area contributed by atoms with Gasteiger partial charge in [0.15, 0.2) is 5.78 Å². The highest BCUT2D eigenvalue weighted by Gasteiger charge is 2.09. The first kappa shape index (κ1) is 12.7. The molecular weight excluding hydrogens is 224 g/mol. The Morgan fingerprint density at radius 2 is 2.12 bits per heavy atom. The predicted molar refractivity (Wildman–Crippen MR) is 66.7 cm³/mol. The zero-order valence-electron chi connectivity index (χ0n) is 9.46. The van der Waals surface area contributed by atoms with E-state index in [1.54, 1.807) is 12.1 Å². The summed E-state index contributed by atoms with van der Waals surface area (Å²) in [5.74, 6) is 0.0865. The van der Waals surface area contributed by atoms with Gasteiger partial charge in [-0.25, -0.2) is 4.98 Å². The highest BCUT2D eigenvalue weighted by molar-refractivity contribution is 6.31. The fourth-order valence-electron chi connectivity index (χ4n) is 1.36. The predicted octanol–water partition coefficient (Wildman–Crippen LogP) is 3.25. The number of hydrogen-bond donors (Lipinski definition) is 1. The lowest BCUT2D eigenvalue weighted by Crippen LogP contribution is -2.04. The summed E-state index contributed by atoms with van der Waals surface area (Å²) in [7, 11) is 0. The van der Waals surface area contributed by atoms with E-state index in [1.807, 2.05) is 13.8 Å². The number of halogens is 1. The fraction of sp³-hybridized carbons (Fsp3) is 0.333. The molecule has 0 bridgehead atoms. The minimum absolute atomic E-state index is 0.133. The van der Waals surface area contributed by atoms with Gasteiger partial charge in [-0.15, -0.1) is 0 Å². The van der Waals surface area contributed by atoms with Gasteiger partial charge in [-0.2, -0.15) is 0 Å². The van der Waals surface area contributed by atoms with Crippen LogP contribution in [0.25, 0.3) is 0 Å². The molecule has 86 valence electrons. The topological polar surface area (TPSA) is 56.0 Å². The summed E-state index contributed by atoms with van der Waals surface area (Å²) in [5, 5.41) is 0.417. The van der Waals surface area contributed by atoms with Gasteiger partial charge in [0.2, 0.25) is 0 Å². The highest BCUT2D eigenvalue weighted by atomic mass is 35.5. The van der Waals surface area contributed by atoms with Crippen LogP contribution in [-0.2, 0) is 0 Å². The van der Waals surface area contributed by atoms with E-state index >= 15 is 0 Å². The van der Waals surface area contributed by atoms with Gasteiger partial charge < -0.3 is 5.73 Å². The third-order valence-corrected chi connectivity index (χ3v) is 2.60. The van der Waals surface area contributed by atoms with E-state index in [0.29, 0.717) is 10.6 Å². The molecule has 0 radical (unpaired) electrons. The number of carbonyl (C=O) groups is 1. The second-order valence-electron chi connectivity index (χ2n) is 3.46. The van der Waals surface area contributed by atoms with Crippen molar-refractivity contribution < 1.29 is 4.79 Å². The van der Waals surface area contributed by atoms with Gasteiger partial charge in [0.25, 0.3) is 0 Å². The minimum Gasteiger partial charge on any atom is -0.383 e. The number of ketones is 1. The second kappa shape index (κ2) is 5.66. The van der Waals surface area contributed by atoms with E-state index in [1.165, 1.54) is 6.20 Å². The van der Waals surface area contributed by atoms with Gasteiger partial charge in [-0.05, 0) is 25.0 Å². The summed E-state index contributed by atoms with van der Waals surface area (Å²) in [4.78, 5) is 15.7. The van der Waals surface area contributed by atoms with Crippen LogP contribution in [-0.4, -0.2) is 10.8 Å². The lowest BCUT2D eigenvalue weighted by molar-refractivity contribution is 0.104. The number of aromatic nitrogens is 1. The van der Waals surface area contributed by atoms with Crippen LogP contribution in [0.2, 0.25) is 5.02 Å². The zero-order chi connectivity index (χ0) is 12.1. The largest absolute Gasteiger partial charge is 0.383 e. The number of nitrogen functional groups attached to an aromatic ring is 1. The molecule has 0 spiro atoms. The molecule has 1 rings (SSSR count). The number of pyridine rings is 1. The molecule has 0 aromatic carbocycles. The van der Waals surface area contributed by atoms with Crippen molar-refractivity contribution in [2.75, 3.05) is 5.73 Å². The van der Waals surface area contributed by atoms with Gasteiger partial charge in [-0.3, -0.25) is 4.79 Å². The molecule has 0 aliphatic heterocycles. The van der Waals surface area contributed by atoms with Crippen LogP contribution in [0.5, 0.6) is 0 Å². The maximum absolute atomic E-state index is 11.9. The standard InChI is InChI=1S/C12H15ClN2O/c1-3-8(4-2)5-11(16)10-6-9(13)7-15-12(10)14/h5-7H,3-4H2,1-2H3,(H2,14,15). The monoisotopic (exact) mass is 238 g/mol. The number of carbonyl (C=O) groups excluding carboxylic acids is 1. The number of nitrogens with zero attached hydrogens (tertiary/aromatic N) is 1. The Kier molecular flexibility index (Phi) is 4.50. The van der Waals surface area contributed by atoms with Crippen LogP contribution in [0.15, 0.2) is 23.9 Å². The van der Waals surface area contributed by atoms with E-state index in [-0.39, 0.29) is 11.6 Å². The van der Waals surface area contributed by atoms with E-state index in [9.17, 15) is 4.79 Å². The molecule has 1 aromatic heterocycles. The third kappa shape index (κ3) is 3.07. The Bertz CT molecular complexity index is 421. The second-order valence-corrected chi connectivity index (χ2v) is 3.90. The molecule has 2 N–H and O–H groups in total. The van der Waals surface area contributed by atoms with Crippen molar-refractivity contribution in [3.8, 4) is 0 Å². The molecule has 1 aromatic rings. The van der Waals surface area contributed by atoms with E-state index in [2.05, 4.69) is 4.98 Å². The molecule has 0 atom stereocenters. The first-order valence-corrected chi connectivity index (χ1v) is 5.61. The van der Waals surface area contributed by atoms with Crippen LogP contribution in [0.4, 0.5) is 5.82 Å². The summed E-state index contributed by atoms with van der Waals surface area (Å²) in [6.45, 7) is 4.03. The van der Waals surface area contributed by atoms with Gasteiger partial charge >= 0.3 is 0 Å². The van der Waals surface area contributed by atoms with Crippen molar-refractivity contribution in [2.45, 2.75) is 26.7 Å². The van der Waals surface area contributed by atoms with Gasteiger partial charge in [-0.1, -0.05) is 31.0 Å². The maximum Gasteiger partial charge on any atom is 0.189 e. The molecule has 0 saturated heterocycles. The van der Waals surface area contributed by atoms with Gasteiger partial charge in [0.05, 0.1) is 10.6 Å². The maximum atomic E-state index is 11.9. The van der Waals surface area contributed by atoms with E-state index in [0.717, 1.165) is 18.4 Å². The van der Waals surface area contributed by atoms with Crippen molar-refractivity contribution in [3.05, 3.63) is 34.5 Å². The molecule has 4 heteroatoms. The summed E-state index contributed by atoms with van der Waals surface area (Å²) in [6.07, 6.45) is 4.76. The molecule has 0 unspecified atom stereocenters. The van der Waals surface area contributed by atoms with Crippen LogP contribution < -0.4 is 5.73 Å². The quantitative estimate of drug-likeness (QED) is 0.647. The first-order chi connectivity index (χ1) is 7.58. The summed E-state index contributed by atoms with van der Waals surface area (Å²) >= 11 is 5.77. The number of allylic oxidation sites excluding steroid dienone is 2. The van der Waals surface area contributed by atoms with Crippen LogP contribution >= 0.6 is 11.6 Å². The smallest absolute Gasteiger partial charge is 0.189 e. The summed E-state index contributed by atoms with van der Waals surface area (Å²) in [5.41, 5.74) is 7.08. The average Bonchev–Trinajstić information content (AvgIpc) is 2.28. The Morgan fingerprint density at radius 1 is 1.50 bits per heavy atom. The summed E-state index contributed by atoms with van der Waals surface area (Å²) in [6, 6.07) is 1.55. The molecule has 0 aliphatic rings. The minimum atomic E-state index is -0.133. The lowest BCUT2D eigenvalue weighted by Gasteiger charge is -2.03. The zero-order valence-corrected chi connectivity index (χ0v) is 10.2. The average molecular weight is 239 g/mol. The van der Waals surface area contributed by atoms with Crippen molar-refractivity contribution in [1.29, 1.82) is 0 Å². The molecule has 16 heavy (non-hydrogen) atoms. The van der Waals surface area contributed by atoms with E-state index < -0.39 is 0 Å². The number of anilines is 1. The third-order valence-electron chi connectivity index (χ3n) is 2.39. The Hall–Kier alpha value is -1.35. The molecule has 3 nitrogen and oxygen atoms in total. The van der Waals surface area contributed by atoms with Gasteiger partial charge in [0.1, 0.15) is 5.82 Å². The first-order valence-electron chi connectivity index (χ1n) is 5.23. The Labute approximate surface area is 100 Å². The Balaban J connectivity index is 3.05. The molecule has 0 aliphatic carbocycles. The number of nitrogens with two attached hydrogens (primary N) is 1. The molecule has 1 heterocycles. The lowest BCUT2D eigenvalue weighted by atomic mass is 10.1. The molecule has 0 saturated carbocycles. The van der Waals surface area contributed by atoms with Crippen LogP contribution in [0, 0.1) is 0 Å². The van der Waals surface area contributed by atoms with Crippen molar-refractivity contribution >= 4 is 23.2 Å². The number of hydrogen-bond acceptors (Lipinski definition) is 3. The SMILES string of the molecule is CCC(=CC(=O)c1cc(Cl)cnc1N)CC. The summed E-state index contributed by atoms with van der Waals surface area (Å²) < 4.78 is 0.